The zero-order valence-corrected chi connectivity index (χ0v) is 6.02. The maximum atomic E-state index is 9.92. The fourth-order valence-electron chi connectivity index (χ4n) is 0.330. The number of hydrogen-bond acceptors (Lipinski definition) is 4. The monoisotopic (exact) mass is 152 g/mol. The van der Waals surface area contributed by atoms with Crippen molar-refractivity contribution in [2.45, 2.75) is 19.4 Å². The summed E-state index contributed by atoms with van der Waals surface area (Å²) in [6.45, 7) is 1.66. The zero-order chi connectivity index (χ0) is 7.49. The van der Waals surface area contributed by atoms with Crippen molar-refractivity contribution >= 4 is 10.1 Å². The summed E-state index contributed by atoms with van der Waals surface area (Å²) in [6.07, 6.45) is 0.242. The zero-order valence-electron chi connectivity index (χ0n) is 5.20. The Balaban J connectivity index is 3.53. The van der Waals surface area contributed by atoms with Crippen LogP contribution in [0.2, 0.25) is 0 Å². The molecule has 0 heterocycles. The Bertz CT molecular complexity index is 161. The standard InChI is InChI=1S/C4H11NO3S/c1-4(5)2-3-9(6,7)8/h4H,2-3,5H2,1H3,(H,6,7,8)/p-1. The predicted octanol–water partition coefficient (Wildman–Crippen LogP) is -0.731. The Kier molecular flexibility index (Phi) is 3.10. The van der Waals surface area contributed by atoms with E-state index < -0.39 is 10.1 Å². The summed E-state index contributed by atoms with van der Waals surface area (Å²) in [4.78, 5) is 0. The van der Waals surface area contributed by atoms with Gasteiger partial charge in [0, 0.05) is 11.8 Å². The van der Waals surface area contributed by atoms with Crippen LogP contribution in [0.3, 0.4) is 0 Å². The summed E-state index contributed by atoms with van der Waals surface area (Å²) in [6, 6.07) is -0.214. The summed E-state index contributed by atoms with van der Waals surface area (Å²) in [5.74, 6) is -0.356. The van der Waals surface area contributed by atoms with Crippen LogP contribution >= 0.6 is 0 Å². The van der Waals surface area contributed by atoms with Gasteiger partial charge in [0.1, 0.15) is 0 Å². The minimum atomic E-state index is -4.05. The molecule has 0 rings (SSSR count). The summed E-state index contributed by atoms with van der Waals surface area (Å²) < 4.78 is 29.8. The van der Waals surface area contributed by atoms with Crippen LogP contribution in [0.4, 0.5) is 0 Å². The molecule has 0 aliphatic carbocycles. The van der Waals surface area contributed by atoms with E-state index in [1.807, 2.05) is 0 Å². The lowest BCUT2D eigenvalue weighted by Crippen LogP contribution is -2.19. The van der Waals surface area contributed by atoms with Gasteiger partial charge in [0.2, 0.25) is 0 Å². The lowest BCUT2D eigenvalue weighted by molar-refractivity contribution is 0.459. The van der Waals surface area contributed by atoms with Gasteiger partial charge in [-0.1, -0.05) is 0 Å². The molecule has 0 amide bonds. The van der Waals surface area contributed by atoms with Crippen LogP contribution < -0.4 is 5.73 Å². The second-order valence-electron chi connectivity index (χ2n) is 2.03. The van der Waals surface area contributed by atoms with E-state index in [2.05, 4.69) is 0 Å². The van der Waals surface area contributed by atoms with Crippen LogP contribution in [0.1, 0.15) is 13.3 Å². The van der Waals surface area contributed by atoms with Gasteiger partial charge < -0.3 is 10.3 Å². The largest absolute Gasteiger partial charge is 0.748 e. The molecule has 0 radical (unpaired) electrons. The van der Waals surface area contributed by atoms with Crippen LogP contribution in [-0.4, -0.2) is 24.8 Å². The van der Waals surface area contributed by atoms with E-state index in [1.54, 1.807) is 6.92 Å². The van der Waals surface area contributed by atoms with Gasteiger partial charge in [0.05, 0.1) is 10.1 Å². The quantitative estimate of drug-likeness (QED) is 0.540. The molecule has 2 N–H and O–H groups in total. The first-order valence-corrected chi connectivity index (χ1v) is 4.18. The van der Waals surface area contributed by atoms with Crippen LogP contribution in [-0.2, 0) is 10.1 Å². The fourth-order valence-corrected chi connectivity index (χ4v) is 0.991. The fraction of sp³-hybridized carbons (Fsp3) is 1.00. The van der Waals surface area contributed by atoms with E-state index in [1.165, 1.54) is 0 Å². The van der Waals surface area contributed by atoms with Crippen molar-refractivity contribution in [3.05, 3.63) is 0 Å². The van der Waals surface area contributed by atoms with Gasteiger partial charge in [0.25, 0.3) is 0 Å². The summed E-state index contributed by atoms with van der Waals surface area (Å²) in [7, 11) is -4.05. The molecule has 56 valence electrons. The highest BCUT2D eigenvalue weighted by molar-refractivity contribution is 7.85. The Hall–Kier alpha value is -0.130. The second-order valence-corrected chi connectivity index (χ2v) is 3.55. The van der Waals surface area contributed by atoms with Crippen molar-refractivity contribution in [1.82, 2.24) is 0 Å². The van der Waals surface area contributed by atoms with Gasteiger partial charge in [-0.2, -0.15) is 0 Å². The van der Waals surface area contributed by atoms with E-state index in [-0.39, 0.29) is 18.2 Å². The molecule has 1 unspecified atom stereocenters. The highest BCUT2D eigenvalue weighted by Crippen LogP contribution is 1.90. The van der Waals surface area contributed by atoms with Gasteiger partial charge in [-0.3, -0.25) is 0 Å². The molecule has 9 heavy (non-hydrogen) atoms. The first kappa shape index (κ1) is 8.87. The molecule has 0 aromatic rings. The molecule has 0 fully saturated rings. The normalized spacial score (nSPS) is 15.4. The highest BCUT2D eigenvalue weighted by Gasteiger charge is 1.97. The van der Waals surface area contributed by atoms with E-state index in [0.717, 1.165) is 0 Å². The van der Waals surface area contributed by atoms with Crippen molar-refractivity contribution in [3.63, 3.8) is 0 Å². The van der Waals surface area contributed by atoms with Gasteiger partial charge in [0.15, 0.2) is 0 Å². The molecule has 0 aliphatic rings. The van der Waals surface area contributed by atoms with Gasteiger partial charge in [-0.15, -0.1) is 0 Å². The molecular formula is C4H10NO3S-. The second kappa shape index (κ2) is 3.14. The summed E-state index contributed by atoms with van der Waals surface area (Å²) in [5, 5.41) is 0. The first-order chi connectivity index (χ1) is 3.92. The third-order valence-electron chi connectivity index (χ3n) is 0.823. The van der Waals surface area contributed by atoms with Gasteiger partial charge in [-0.05, 0) is 13.3 Å². The SMILES string of the molecule is CC(N)CCS(=O)(=O)[O-]. The van der Waals surface area contributed by atoms with Crippen LogP contribution in [0, 0.1) is 0 Å². The molecule has 0 spiro atoms. The van der Waals surface area contributed by atoms with Crippen LogP contribution in [0.5, 0.6) is 0 Å². The Morgan fingerprint density at radius 1 is 1.67 bits per heavy atom. The van der Waals surface area contributed by atoms with E-state index in [0.29, 0.717) is 0 Å². The van der Waals surface area contributed by atoms with Crippen LogP contribution in [0.25, 0.3) is 0 Å². The van der Waals surface area contributed by atoms with Crippen molar-refractivity contribution in [3.8, 4) is 0 Å². The predicted molar refractivity (Wildman–Crippen MR) is 32.8 cm³/mol. The first-order valence-electron chi connectivity index (χ1n) is 2.61. The Morgan fingerprint density at radius 2 is 2.11 bits per heavy atom. The van der Waals surface area contributed by atoms with Crippen molar-refractivity contribution in [2.75, 3.05) is 5.75 Å². The van der Waals surface area contributed by atoms with E-state index in [9.17, 15) is 13.0 Å². The molecule has 4 nitrogen and oxygen atoms in total. The molecule has 0 aliphatic heterocycles. The third kappa shape index (κ3) is 7.87. The molecule has 1 atom stereocenters. The molecular weight excluding hydrogens is 142 g/mol. The van der Waals surface area contributed by atoms with Crippen molar-refractivity contribution < 1.29 is 13.0 Å². The van der Waals surface area contributed by atoms with Crippen molar-refractivity contribution in [1.29, 1.82) is 0 Å². The average Bonchev–Trinajstić information content (AvgIpc) is 1.59. The Labute approximate surface area is 54.8 Å². The maximum Gasteiger partial charge on any atom is 0.0946 e. The Morgan fingerprint density at radius 3 is 2.22 bits per heavy atom. The minimum absolute atomic E-state index is 0.214. The van der Waals surface area contributed by atoms with Gasteiger partial charge >= 0.3 is 0 Å². The molecule has 0 aromatic carbocycles. The van der Waals surface area contributed by atoms with E-state index in [4.69, 9.17) is 5.73 Å². The molecule has 0 bridgehead atoms. The number of nitrogens with two attached hydrogens (primary N) is 1. The summed E-state index contributed by atoms with van der Waals surface area (Å²) in [5.41, 5.74) is 5.20. The molecule has 0 aromatic heterocycles. The van der Waals surface area contributed by atoms with E-state index >= 15 is 0 Å². The highest BCUT2D eigenvalue weighted by atomic mass is 32.2. The smallest absolute Gasteiger partial charge is 0.0946 e. The lowest BCUT2D eigenvalue weighted by atomic mass is 10.3. The topological polar surface area (TPSA) is 83.2 Å². The molecule has 5 heteroatoms. The maximum absolute atomic E-state index is 9.92. The number of rotatable bonds is 3. The molecule has 0 saturated carbocycles. The van der Waals surface area contributed by atoms with Gasteiger partial charge in [-0.25, -0.2) is 8.42 Å². The average molecular weight is 152 g/mol. The van der Waals surface area contributed by atoms with Crippen molar-refractivity contribution in [2.24, 2.45) is 5.73 Å². The third-order valence-corrected chi connectivity index (χ3v) is 1.56. The summed E-state index contributed by atoms with van der Waals surface area (Å²) >= 11 is 0. The van der Waals surface area contributed by atoms with Crippen LogP contribution in [0.15, 0.2) is 0 Å². The number of hydrogen-bond donors (Lipinski definition) is 1. The lowest BCUT2D eigenvalue weighted by Gasteiger charge is -2.07. The minimum Gasteiger partial charge on any atom is -0.748 e. The molecule has 0 saturated heterocycles.